The fraction of sp³-hybridized carbons (Fsp3) is 0.350. The number of hydrogen-bond acceptors (Lipinski definition) is 5. The minimum absolute atomic E-state index is 0.0889. The summed E-state index contributed by atoms with van der Waals surface area (Å²) in [5, 5.41) is 1.07. The van der Waals surface area contributed by atoms with E-state index in [0.717, 1.165) is 67.0 Å². The zero-order valence-electron chi connectivity index (χ0n) is 15.1. The van der Waals surface area contributed by atoms with Gasteiger partial charge in [-0.25, -0.2) is 9.97 Å². The summed E-state index contributed by atoms with van der Waals surface area (Å²) in [6.45, 7) is 7.18. The fourth-order valence-corrected chi connectivity index (χ4v) is 4.21. The number of H-pyrrole nitrogens is 2. The van der Waals surface area contributed by atoms with Crippen molar-refractivity contribution >= 4 is 22.5 Å². The third-order valence-electron chi connectivity index (χ3n) is 5.77. The molecule has 0 unspecified atom stereocenters. The Hall–Kier alpha value is -3.09. The molecule has 2 fully saturated rings. The van der Waals surface area contributed by atoms with E-state index in [0.29, 0.717) is 0 Å². The van der Waals surface area contributed by atoms with E-state index >= 15 is 0 Å². The lowest BCUT2D eigenvalue weighted by molar-refractivity contribution is 0.294. The molecular weight excluding hydrogens is 340 g/mol. The van der Waals surface area contributed by atoms with Crippen molar-refractivity contribution in [2.24, 2.45) is 0 Å². The summed E-state index contributed by atoms with van der Waals surface area (Å²) >= 11 is 0. The molecule has 138 valence electrons. The number of pyridine rings is 1. The predicted molar refractivity (Wildman–Crippen MR) is 105 cm³/mol. The maximum absolute atomic E-state index is 11.4. The van der Waals surface area contributed by atoms with Crippen LogP contribution in [0.25, 0.3) is 16.7 Å². The lowest BCUT2D eigenvalue weighted by atomic mass is 10.1. The number of rotatable bonds is 3. The SMILES string of the molecule is C=C(c1ccc(=O)[nH]c1)N1CCCN(c2ncnc3[nH]ccc23)CC12CC2. The van der Waals surface area contributed by atoms with Crippen LogP contribution < -0.4 is 10.5 Å². The molecule has 1 saturated carbocycles. The number of aromatic amines is 2. The third-order valence-corrected chi connectivity index (χ3v) is 5.77. The van der Waals surface area contributed by atoms with Crippen molar-refractivity contribution in [1.29, 1.82) is 0 Å². The van der Waals surface area contributed by atoms with Crippen LogP contribution in [0.1, 0.15) is 24.8 Å². The number of nitrogens with zero attached hydrogens (tertiary/aromatic N) is 4. The van der Waals surface area contributed by atoms with E-state index in [9.17, 15) is 4.79 Å². The topological polar surface area (TPSA) is 80.9 Å². The van der Waals surface area contributed by atoms with Crippen molar-refractivity contribution in [2.75, 3.05) is 24.5 Å². The molecule has 2 N–H and O–H groups in total. The summed E-state index contributed by atoms with van der Waals surface area (Å²) in [7, 11) is 0. The van der Waals surface area contributed by atoms with Gasteiger partial charge < -0.3 is 19.8 Å². The molecule has 0 bridgehead atoms. The maximum Gasteiger partial charge on any atom is 0.247 e. The largest absolute Gasteiger partial charge is 0.364 e. The van der Waals surface area contributed by atoms with Gasteiger partial charge in [0, 0.05) is 49.4 Å². The first-order chi connectivity index (χ1) is 13.2. The molecule has 7 heteroatoms. The molecule has 4 heterocycles. The van der Waals surface area contributed by atoms with E-state index in [-0.39, 0.29) is 11.1 Å². The van der Waals surface area contributed by atoms with E-state index in [2.05, 4.69) is 36.3 Å². The van der Waals surface area contributed by atoms with E-state index < -0.39 is 0 Å². The average Bonchev–Trinajstić information content (AvgIpc) is 3.34. The second kappa shape index (κ2) is 5.97. The Morgan fingerprint density at radius 2 is 2.04 bits per heavy atom. The molecule has 7 nitrogen and oxygen atoms in total. The molecule has 1 aliphatic heterocycles. The van der Waals surface area contributed by atoms with Crippen LogP contribution in [-0.4, -0.2) is 50.0 Å². The van der Waals surface area contributed by atoms with Gasteiger partial charge in [-0.05, 0) is 31.4 Å². The quantitative estimate of drug-likeness (QED) is 0.748. The smallest absolute Gasteiger partial charge is 0.247 e. The molecule has 3 aromatic rings. The highest BCUT2D eigenvalue weighted by atomic mass is 16.1. The Morgan fingerprint density at radius 3 is 2.81 bits per heavy atom. The first kappa shape index (κ1) is 16.1. The lowest BCUT2D eigenvalue weighted by Gasteiger charge is -2.35. The second-order valence-electron chi connectivity index (χ2n) is 7.48. The molecule has 3 aromatic heterocycles. The lowest BCUT2D eigenvalue weighted by Crippen LogP contribution is -2.42. The fourth-order valence-electron chi connectivity index (χ4n) is 4.21. The van der Waals surface area contributed by atoms with Gasteiger partial charge >= 0.3 is 0 Å². The first-order valence-electron chi connectivity index (χ1n) is 9.35. The molecule has 5 rings (SSSR count). The van der Waals surface area contributed by atoms with Crippen LogP contribution in [0.15, 0.2) is 48.3 Å². The van der Waals surface area contributed by atoms with Crippen molar-refractivity contribution in [1.82, 2.24) is 24.8 Å². The highest BCUT2D eigenvalue weighted by Gasteiger charge is 2.51. The van der Waals surface area contributed by atoms with Gasteiger partial charge in [-0.2, -0.15) is 0 Å². The summed E-state index contributed by atoms with van der Waals surface area (Å²) in [4.78, 5) is 31.1. The Labute approximate surface area is 156 Å². The van der Waals surface area contributed by atoms with Crippen LogP contribution >= 0.6 is 0 Å². The molecule has 1 saturated heterocycles. The molecule has 0 atom stereocenters. The number of anilines is 1. The van der Waals surface area contributed by atoms with Gasteiger partial charge in [0.25, 0.3) is 0 Å². The molecule has 0 aromatic carbocycles. The molecule has 0 radical (unpaired) electrons. The molecule has 1 spiro atoms. The average molecular weight is 362 g/mol. The summed E-state index contributed by atoms with van der Waals surface area (Å²) in [5.74, 6) is 1.00. The molecule has 27 heavy (non-hydrogen) atoms. The van der Waals surface area contributed by atoms with Crippen molar-refractivity contribution < 1.29 is 0 Å². The number of fused-ring (bicyclic) bond motifs is 1. The number of aromatic nitrogens is 4. The summed E-state index contributed by atoms with van der Waals surface area (Å²) in [6, 6.07) is 5.47. The predicted octanol–water partition coefficient (Wildman–Crippen LogP) is 2.36. The number of nitrogens with one attached hydrogen (secondary N) is 2. The Morgan fingerprint density at radius 1 is 1.15 bits per heavy atom. The first-order valence-corrected chi connectivity index (χ1v) is 9.35. The molecule has 1 aliphatic carbocycles. The normalized spacial score (nSPS) is 18.7. The summed E-state index contributed by atoms with van der Waals surface area (Å²) in [5.41, 5.74) is 2.85. The Kier molecular flexibility index (Phi) is 3.56. The van der Waals surface area contributed by atoms with Gasteiger partial charge in [0.05, 0.1) is 10.9 Å². The summed E-state index contributed by atoms with van der Waals surface area (Å²) < 4.78 is 0. The van der Waals surface area contributed by atoms with E-state index in [4.69, 9.17) is 0 Å². The van der Waals surface area contributed by atoms with Crippen LogP contribution in [-0.2, 0) is 0 Å². The minimum Gasteiger partial charge on any atom is -0.364 e. The second-order valence-corrected chi connectivity index (χ2v) is 7.48. The van der Waals surface area contributed by atoms with Crippen molar-refractivity contribution in [3.63, 3.8) is 0 Å². The van der Waals surface area contributed by atoms with Crippen LogP contribution in [0.2, 0.25) is 0 Å². The van der Waals surface area contributed by atoms with Crippen LogP contribution in [0.5, 0.6) is 0 Å². The molecule has 2 aliphatic rings. The zero-order chi connectivity index (χ0) is 18.4. The zero-order valence-corrected chi connectivity index (χ0v) is 15.1. The van der Waals surface area contributed by atoms with Crippen LogP contribution in [0.4, 0.5) is 5.82 Å². The van der Waals surface area contributed by atoms with Gasteiger partial charge in [-0.15, -0.1) is 0 Å². The van der Waals surface area contributed by atoms with Crippen LogP contribution in [0.3, 0.4) is 0 Å². The van der Waals surface area contributed by atoms with Crippen molar-refractivity contribution in [3.8, 4) is 0 Å². The summed E-state index contributed by atoms with van der Waals surface area (Å²) in [6.07, 6.45) is 8.63. The molecule has 0 amide bonds. The van der Waals surface area contributed by atoms with E-state index in [1.165, 1.54) is 0 Å². The van der Waals surface area contributed by atoms with Gasteiger partial charge in [0.1, 0.15) is 17.8 Å². The number of hydrogen-bond donors (Lipinski definition) is 2. The Balaban J connectivity index is 1.45. The van der Waals surface area contributed by atoms with Gasteiger partial charge in [0.2, 0.25) is 5.56 Å². The van der Waals surface area contributed by atoms with Gasteiger partial charge in [0.15, 0.2) is 0 Å². The van der Waals surface area contributed by atoms with Gasteiger partial charge in [-0.1, -0.05) is 6.58 Å². The van der Waals surface area contributed by atoms with E-state index in [1.54, 1.807) is 18.6 Å². The highest BCUT2D eigenvalue weighted by molar-refractivity contribution is 5.87. The third kappa shape index (κ3) is 2.70. The maximum atomic E-state index is 11.4. The van der Waals surface area contributed by atoms with Crippen molar-refractivity contribution in [3.05, 3.63) is 59.4 Å². The van der Waals surface area contributed by atoms with Crippen molar-refractivity contribution in [2.45, 2.75) is 24.8 Å². The Bertz CT molecular complexity index is 1040. The van der Waals surface area contributed by atoms with E-state index in [1.807, 2.05) is 18.3 Å². The highest BCUT2D eigenvalue weighted by Crippen LogP contribution is 2.47. The van der Waals surface area contributed by atoms with Crippen LogP contribution in [0, 0.1) is 0 Å². The minimum atomic E-state index is -0.0889. The monoisotopic (exact) mass is 362 g/mol. The molecular formula is C20H22N6O. The van der Waals surface area contributed by atoms with Gasteiger partial charge in [-0.3, -0.25) is 4.79 Å². The standard InChI is InChI=1S/C20H22N6O/c1-14(15-3-4-17(27)22-11-15)26-10-2-9-25(12-20(26)6-7-20)19-16-5-8-21-18(16)23-13-24-19/h3-5,8,11,13H,1-2,6-7,9-10,12H2,(H,22,27)(H,21,23,24).